The summed E-state index contributed by atoms with van der Waals surface area (Å²) in [4.78, 5) is 15.0. The molecule has 1 N–H and O–H groups in total. The molecule has 0 amide bonds. The number of fused-ring (bicyclic) bond motifs is 1. The maximum absolute atomic E-state index is 11.0. The third-order valence-corrected chi connectivity index (χ3v) is 2.36. The number of rotatable bonds is 1. The fourth-order valence-corrected chi connectivity index (χ4v) is 1.46. The summed E-state index contributed by atoms with van der Waals surface area (Å²) in [5.74, 6) is -0.0546. The molecule has 0 atom stereocenters. The zero-order chi connectivity index (χ0) is 9.42. The molecule has 0 aliphatic heterocycles. The second-order valence-corrected chi connectivity index (χ2v) is 3.47. The number of halogens is 1. The first-order chi connectivity index (χ1) is 6.18. The Labute approximate surface area is 82.5 Å². The minimum atomic E-state index is -0.0546. The Kier molecular flexibility index (Phi) is 1.88. The van der Waals surface area contributed by atoms with Crippen LogP contribution in [0.2, 0.25) is 0 Å². The smallest absolute Gasteiger partial charge is 0.178 e. The Morgan fingerprint density at radius 3 is 3.08 bits per heavy atom. The molecule has 2 rings (SSSR count). The predicted molar refractivity (Wildman–Crippen MR) is 51.6 cm³/mol. The number of aromatic nitrogens is 3. The Balaban J connectivity index is 2.70. The van der Waals surface area contributed by atoms with Crippen molar-refractivity contribution in [2.45, 2.75) is 6.92 Å². The SMILES string of the molecule is CC(=O)c1cc2n[nH]c(Br)c2cn1. The first-order valence-corrected chi connectivity index (χ1v) is 4.48. The number of aromatic amines is 1. The maximum atomic E-state index is 11.0. The molecule has 2 aromatic rings. The first kappa shape index (κ1) is 8.37. The molecule has 0 aliphatic rings. The van der Waals surface area contributed by atoms with Crippen molar-refractivity contribution in [1.82, 2.24) is 15.2 Å². The van der Waals surface area contributed by atoms with Crippen LogP contribution in [0.25, 0.3) is 10.9 Å². The van der Waals surface area contributed by atoms with E-state index >= 15 is 0 Å². The largest absolute Gasteiger partial charge is 0.293 e. The van der Waals surface area contributed by atoms with Crippen LogP contribution >= 0.6 is 15.9 Å². The molecule has 0 saturated carbocycles. The molecule has 0 spiro atoms. The summed E-state index contributed by atoms with van der Waals surface area (Å²) in [6.45, 7) is 1.48. The van der Waals surface area contributed by atoms with Crippen molar-refractivity contribution in [2.75, 3.05) is 0 Å². The molecule has 0 aliphatic carbocycles. The van der Waals surface area contributed by atoms with Crippen molar-refractivity contribution >= 4 is 32.6 Å². The first-order valence-electron chi connectivity index (χ1n) is 3.69. The van der Waals surface area contributed by atoms with Gasteiger partial charge in [-0.25, -0.2) is 0 Å². The van der Waals surface area contributed by atoms with Gasteiger partial charge in [-0.1, -0.05) is 0 Å². The van der Waals surface area contributed by atoms with Gasteiger partial charge in [0.1, 0.15) is 10.3 Å². The fraction of sp³-hybridized carbons (Fsp3) is 0.125. The number of ketones is 1. The van der Waals surface area contributed by atoms with E-state index in [1.54, 1.807) is 12.3 Å². The molecule has 0 aromatic carbocycles. The van der Waals surface area contributed by atoms with Crippen molar-refractivity contribution in [3.05, 3.63) is 22.6 Å². The molecule has 13 heavy (non-hydrogen) atoms. The summed E-state index contributed by atoms with van der Waals surface area (Å²) < 4.78 is 0.783. The highest BCUT2D eigenvalue weighted by atomic mass is 79.9. The van der Waals surface area contributed by atoms with Crippen molar-refractivity contribution in [3.8, 4) is 0 Å². The number of carbonyl (C=O) groups excluding carboxylic acids is 1. The van der Waals surface area contributed by atoms with Crippen molar-refractivity contribution < 1.29 is 4.79 Å². The predicted octanol–water partition coefficient (Wildman–Crippen LogP) is 1.92. The second-order valence-electron chi connectivity index (χ2n) is 2.68. The minimum Gasteiger partial charge on any atom is -0.293 e. The molecule has 66 valence electrons. The van der Waals surface area contributed by atoms with Crippen LogP contribution in [0.3, 0.4) is 0 Å². The van der Waals surface area contributed by atoms with E-state index in [4.69, 9.17) is 0 Å². The Hall–Kier alpha value is -1.23. The zero-order valence-electron chi connectivity index (χ0n) is 6.84. The highest BCUT2D eigenvalue weighted by molar-refractivity contribution is 9.10. The number of nitrogens with zero attached hydrogens (tertiary/aromatic N) is 2. The van der Waals surface area contributed by atoms with E-state index in [9.17, 15) is 4.79 Å². The maximum Gasteiger partial charge on any atom is 0.178 e. The van der Waals surface area contributed by atoms with Crippen molar-refractivity contribution in [1.29, 1.82) is 0 Å². The van der Waals surface area contributed by atoms with Crippen LogP contribution in [0.4, 0.5) is 0 Å². The average molecular weight is 240 g/mol. The summed E-state index contributed by atoms with van der Waals surface area (Å²) >= 11 is 3.29. The Morgan fingerprint density at radius 1 is 1.62 bits per heavy atom. The van der Waals surface area contributed by atoms with Crippen LogP contribution < -0.4 is 0 Å². The molecule has 5 heteroatoms. The highest BCUT2D eigenvalue weighted by Crippen LogP contribution is 2.20. The lowest BCUT2D eigenvalue weighted by Crippen LogP contribution is -1.95. The molecule has 2 aromatic heterocycles. The van der Waals surface area contributed by atoms with Crippen LogP contribution in [0.1, 0.15) is 17.4 Å². The lowest BCUT2D eigenvalue weighted by molar-refractivity contribution is 0.101. The van der Waals surface area contributed by atoms with Gasteiger partial charge in [-0.3, -0.25) is 14.9 Å². The van der Waals surface area contributed by atoms with Crippen LogP contribution in [-0.2, 0) is 0 Å². The van der Waals surface area contributed by atoms with Gasteiger partial charge in [0.2, 0.25) is 0 Å². The molecule has 0 bridgehead atoms. The second kappa shape index (κ2) is 2.92. The molecule has 0 saturated heterocycles. The van der Waals surface area contributed by atoms with E-state index < -0.39 is 0 Å². The van der Waals surface area contributed by atoms with Gasteiger partial charge in [0.15, 0.2) is 5.78 Å². The number of Topliss-reactive ketones (excluding diaryl/α,β-unsaturated/α-hetero) is 1. The van der Waals surface area contributed by atoms with E-state index in [-0.39, 0.29) is 5.78 Å². The highest BCUT2D eigenvalue weighted by Gasteiger charge is 2.06. The van der Waals surface area contributed by atoms with Crippen LogP contribution in [0.5, 0.6) is 0 Å². The van der Waals surface area contributed by atoms with Gasteiger partial charge in [0.05, 0.1) is 10.9 Å². The Bertz CT molecular complexity index is 477. The third-order valence-electron chi connectivity index (χ3n) is 1.75. The van der Waals surface area contributed by atoms with E-state index in [0.29, 0.717) is 5.69 Å². The van der Waals surface area contributed by atoms with Gasteiger partial charge < -0.3 is 0 Å². The van der Waals surface area contributed by atoms with E-state index in [1.165, 1.54) is 6.92 Å². The van der Waals surface area contributed by atoms with Gasteiger partial charge in [-0.2, -0.15) is 5.10 Å². The van der Waals surface area contributed by atoms with Crippen molar-refractivity contribution in [3.63, 3.8) is 0 Å². The number of carbonyl (C=O) groups is 1. The van der Waals surface area contributed by atoms with Gasteiger partial charge in [0, 0.05) is 13.1 Å². The number of pyridine rings is 1. The summed E-state index contributed by atoms with van der Waals surface area (Å²) in [5.41, 5.74) is 1.18. The van der Waals surface area contributed by atoms with Crippen LogP contribution in [0, 0.1) is 0 Å². The monoisotopic (exact) mass is 239 g/mol. The van der Waals surface area contributed by atoms with Crippen molar-refractivity contribution in [2.24, 2.45) is 0 Å². The molecule has 0 fully saturated rings. The average Bonchev–Trinajstić information content (AvgIpc) is 2.47. The fourth-order valence-electron chi connectivity index (χ4n) is 1.07. The third kappa shape index (κ3) is 1.35. The molecular formula is C8H6BrN3O. The number of H-pyrrole nitrogens is 1. The summed E-state index contributed by atoms with van der Waals surface area (Å²) in [5, 5.41) is 7.63. The summed E-state index contributed by atoms with van der Waals surface area (Å²) in [7, 11) is 0. The number of nitrogens with one attached hydrogen (secondary N) is 1. The summed E-state index contributed by atoms with van der Waals surface area (Å²) in [6, 6.07) is 1.67. The van der Waals surface area contributed by atoms with Gasteiger partial charge in [-0.15, -0.1) is 0 Å². The molecule has 0 radical (unpaired) electrons. The lowest BCUT2D eigenvalue weighted by Gasteiger charge is -1.92. The van der Waals surface area contributed by atoms with Crippen LogP contribution in [0.15, 0.2) is 16.9 Å². The molecule has 2 heterocycles. The lowest BCUT2D eigenvalue weighted by atomic mass is 10.2. The van der Waals surface area contributed by atoms with E-state index in [0.717, 1.165) is 15.5 Å². The molecular weight excluding hydrogens is 234 g/mol. The topological polar surface area (TPSA) is 58.6 Å². The Morgan fingerprint density at radius 2 is 2.38 bits per heavy atom. The normalized spacial score (nSPS) is 10.6. The van der Waals surface area contributed by atoms with E-state index in [1.807, 2.05) is 0 Å². The van der Waals surface area contributed by atoms with Gasteiger partial charge >= 0.3 is 0 Å². The van der Waals surface area contributed by atoms with Crippen LogP contribution in [-0.4, -0.2) is 21.0 Å². The van der Waals surface area contributed by atoms with E-state index in [2.05, 4.69) is 31.1 Å². The number of hydrogen-bond donors (Lipinski definition) is 1. The standard InChI is InChI=1S/C8H6BrN3O/c1-4(13)6-2-7-5(3-10-6)8(9)12-11-7/h2-3H,1H3,(H,11,12). The quantitative estimate of drug-likeness (QED) is 0.774. The summed E-state index contributed by atoms with van der Waals surface area (Å²) in [6.07, 6.45) is 1.62. The molecule has 4 nitrogen and oxygen atoms in total. The van der Waals surface area contributed by atoms with Gasteiger partial charge in [0.25, 0.3) is 0 Å². The zero-order valence-corrected chi connectivity index (χ0v) is 8.42. The minimum absolute atomic E-state index is 0.0546. The molecule has 0 unspecified atom stereocenters. The number of hydrogen-bond acceptors (Lipinski definition) is 3. The van der Waals surface area contributed by atoms with Gasteiger partial charge in [-0.05, 0) is 22.0 Å².